The first kappa shape index (κ1) is 9.54. The van der Waals surface area contributed by atoms with Gasteiger partial charge in [0, 0.05) is 17.0 Å². The molecule has 5 nitrogen and oxygen atoms in total. The molecule has 1 aromatic carbocycles. The highest BCUT2D eigenvalue weighted by Crippen LogP contribution is 2.19. The molecule has 78 valence electrons. The second kappa shape index (κ2) is 4.02. The summed E-state index contributed by atoms with van der Waals surface area (Å²) < 4.78 is 4.80. The molecule has 0 saturated heterocycles. The molecule has 0 amide bonds. The minimum Gasteiger partial charge on any atom is -0.376 e. The van der Waals surface area contributed by atoms with Gasteiger partial charge in [-0.15, -0.1) is 0 Å². The molecule has 0 spiro atoms. The average Bonchev–Trinajstić information content (AvgIpc) is 2.59. The first-order chi connectivity index (χ1) is 7.29. The fraction of sp³-hybridized carbons (Fsp3) is 0.100. The quantitative estimate of drug-likeness (QED) is 0.466. The van der Waals surface area contributed by atoms with Gasteiger partial charge in [0.05, 0.1) is 7.11 Å². The Morgan fingerprint density at radius 2 is 2.13 bits per heavy atom. The van der Waals surface area contributed by atoms with E-state index in [-0.39, 0.29) is 0 Å². The number of benzene rings is 1. The van der Waals surface area contributed by atoms with Crippen LogP contribution in [0.1, 0.15) is 0 Å². The van der Waals surface area contributed by atoms with Crippen LogP contribution in [-0.4, -0.2) is 18.2 Å². The molecule has 1 aromatic heterocycles. The topological polar surface area (TPSA) is 60.6 Å². The number of hydrogen-bond donors (Lipinski definition) is 1. The monoisotopic (exact) mass is 207 g/mol. The fourth-order valence-electron chi connectivity index (χ4n) is 1.28. The lowest BCUT2D eigenvalue weighted by Crippen LogP contribution is -2.09. The Morgan fingerprint density at radius 3 is 2.87 bits per heavy atom. The summed E-state index contributed by atoms with van der Waals surface area (Å²) in [5.74, 6) is 0.318. The maximum atomic E-state index is 10.9. The molecule has 15 heavy (non-hydrogen) atoms. The van der Waals surface area contributed by atoms with Crippen LogP contribution in [0.3, 0.4) is 0 Å². The minimum atomic E-state index is -0.913. The number of H-pyrrole nitrogens is 1. The molecule has 0 bridgehead atoms. The van der Waals surface area contributed by atoms with Crippen molar-refractivity contribution in [2.45, 2.75) is 0 Å². The highest BCUT2D eigenvalue weighted by molar-refractivity contribution is 5.82. The molecule has 0 aliphatic rings. The number of ether oxygens (including phenoxy) is 1. The molecule has 1 N–H and O–H groups in total. The summed E-state index contributed by atoms with van der Waals surface area (Å²) in [5.41, 5.74) is 0.887. The van der Waals surface area contributed by atoms with Gasteiger partial charge in [0.2, 0.25) is 5.88 Å². The summed E-state index contributed by atoms with van der Waals surface area (Å²) >= 11 is 0. The Balaban J connectivity index is 2.18. The molecule has 0 fully saturated rings. The van der Waals surface area contributed by atoms with Crippen molar-refractivity contribution in [1.29, 1.82) is 0 Å². The van der Waals surface area contributed by atoms with Crippen LogP contribution < -0.4 is 4.74 Å². The normalized spacial score (nSPS) is 10.2. The van der Waals surface area contributed by atoms with Crippen LogP contribution in [0.25, 0.3) is 10.9 Å². The fourth-order valence-corrected chi connectivity index (χ4v) is 1.28. The molecule has 2 rings (SSSR count). The number of carbonyl (C=O) groups excluding carboxylic acids is 1. The van der Waals surface area contributed by atoms with Crippen molar-refractivity contribution in [3.63, 3.8) is 0 Å². The van der Waals surface area contributed by atoms with E-state index in [9.17, 15) is 4.79 Å². The lowest BCUT2D eigenvalue weighted by Gasteiger charge is -1.98. The Bertz CT molecular complexity index is 444. The van der Waals surface area contributed by atoms with Crippen molar-refractivity contribution in [2.24, 2.45) is 0 Å². The third kappa shape index (κ3) is 2.08. The summed E-state index contributed by atoms with van der Waals surface area (Å²) in [6.07, 6.45) is -0.913. The summed E-state index contributed by atoms with van der Waals surface area (Å²) in [5, 5.41) is 0.956. The first-order valence-corrected chi connectivity index (χ1v) is 4.30. The van der Waals surface area contributed by atoms with Gasteiger partial charge in [-0.25, -0.2) is 4.79 Å². The molecule has 5 heteroatoms. The molecule has 2 aromatic rings. The van der Waals surface area contributed by atoms with Gasteiger partial charge in [0.1, 0.15) is 0 Å². The molecule has 0 aliphatic carbocycles. The average molecular weight is 207 g/mol. The standard InChI is InChI=1S/C10H9NO4/c1-13-15-10(12)14-9-6-7-4-2-3-5-8(7)11-9/h2-6,11H,1H3. The Hall–Kier alpha value is -2.01. The Labute approximate surface area is 85.5 Å². The van der Waals surface area contributed by atoms with E-state index in [1.807, 2.05) is 24.3 Å². The Morgan fingerprint density at radius 1 is 1.33 bits per heavy atom. The van der Waals surface area contributed by atoms with Gasteiger partial charge in [-0.3, -0.25) is 4.89 Å². The zero-order chi connectivity index (χ0) is 10.7. The van der Waals surface area contributed by atoms with Crippen molar-refractivity contribution in [3.8, 4) is 5.88 Å². The molecule has 0 aliphatic heterocycles. The van der Waals surface area contributed by atoms with Crippen LogP contribution in [0, 0.1) is 0 Å². The summed E-state index contributed by atoms with van der Waals surface area (Å²) in [6.45, 7) is 0. The number of nitrogens with one attached hydrogen (secondary N) is 1. The second-order valence-electron chi connectivity index (χ2n) is 2.82. The lowest BCUT2D eigenvalue weighted by molar-refractivity contribution is -0.224. The second-order valence-corrected chi connectivity index (χ2v) is 2.82. The van der Waals surface area contributed by atoms with E-state index in [4.69, 9.17) is 4.74 Å². The maximum absolute atomic E-state index is 10.9. The zero-order valence-electron chi connectivity index (χ0n) is 8.02. The maximum Gasteiger partial charge on any atom is 0.547 e. The number of hydrogen-bond acceptors (Lipinski definition) is 4. The van der Waals surface area contributed by atoms with Gasteiger partial charge in [-0.05, 0) is 6.07 Å². The summed E-state index contributed by atoms with van der Waals surface area (Å²) in [4.78, 5) is 22.1. The highest BCUT2D eigenvalue weighted by atomic mass is 17.2. The van der Waals surface area contributed by atoms with Gasteiger partial charge in [-0.1, -0.05) is 18.2 Å². The van der Waals surface area contributed by atoms with Crippen LogP contribution in [-0.2, 0) is 9.78 Å². The number of rotatable bonds is 2. The first-order valence-electron chi connectivity index (χ1n) is 4.30. The molecule has 0 saturated carbocycles. The van der Waals surface area contributed by atoms with Crippen LogP contribution in [0.15, 0.2) is 30.3 Å². The summed E-state index contributed by atoms with van der Waals surface area (Å²) in [7, 11) is 1.23. The van der Waals surface area contributed by atoms with E-state index in [2.05, 4.69) is 14.8 Å². The van der Waals surface area contributed by atoms with Gasteiger partial charge in [-0.2, -0.15) is 4.89 Å². The molecule has 1 heterocycles. The number of carbonyl (C=O) groups is 1. The van der Waals surface area contributed by atoms with E-state index in [1.54, 1.807) is 6.07 Å². The molecule has 0 unspecified atom stereocenters. The molecule has 0 radical (unpaired) electrons. The van der Waals surface area contributed by atoms with Crippen LogP contribution in [0.5, 0.6) is 5.88 Å². The molecular weight excluding hydrogens is 198 g/mol. The predicted molar refractivity (Wildman–Crippen MR) is 52.4 cm³/mol. The minimum absolute atomic E-state index is 0.318. The van der Waals surface area contributed by atoms with E-state index >= 15 is 0 Å². The van der Waals surface area contributed by atoms with Gasteiger partial charge in [0.15, 0.2) is 0 Å². The number of aromatic amines is 1. The third-order valence-corrected chi connectivity index (χ3v) is 1.85. The van der Waals surface area contributed by atoms with Crippen LogP contribution in [0.2, 0.25) is 0 Å². The Kier molecular flexibility index (Phi) is 2.55. The smallest absolute Gasteiger partial charge is 0.376 e. The zero-order valence-corrected chi connectivity index (χ0v) is 8.02. The van der Waals surface area contributed by atoms with Gasteiger partial charge >= 0.3 is 6.16 Å². The van der Waals surface area contributed by atoms with Crippen LogP contribution in [0.4, 0.5) is 4.79 Å². The highest BCUT2D eigenvalue weighted by Gasteiger charge is 2.08. The summed E-state index contributed by atoms with van der Waals surface area (Å²) in [6, 6.07) is 9.26. The van der Waals surface area contributed by atoms with Crippen LogP contribution >= 0.6 is 0 Å². The van der Waals surface area contributed by atoms with E-state index in [0.717, 1.165) is 10.9 Å². The van der Waals surface area contributed by atoms with Crippen molar-refractivity contribution >= 4 is 17.1 Å². The predicted octanol–water partition coefficient (Wildman–Crippen LogP) is 2.24. The SMILES string of the molecule is COOC(=O)Oc1cc2ccccc2[nH]1. The van der Waals surface area contributed by atoms with E-state index in [0.29, 0.717) is 5.88 Å². The van der Waals surface area contributed by atoms with Crippen molar-refractivity contribution < 1.29 is 19.3 Å². The number of fused-ring (bicyclic) bond motifs is 1. The van der Waals surface area contributed by atoms with E-state index in [1.165, 1.54) is 7.11 Å². The van der Waals surface area contributed by atoms with Crippen molar-refractivity contribution in [2.75, 3.05) is 7.11 Å². The van der Waals surface area contributed by atoms with Gasteiger partial charge in [0.25, 0.3) is 0 Å². The number of para-hydroxylation sites is 1. The lowest BCUT2D eigenvalue weighted by atomic mass is 10.3. The third-order valence-electron chi connectivity index (χ3n) is 1.85. The van der Waals surface area contributed by atoms with E-state index < -0.39 is 6.16 Å². The number of aromatic nitrogens is 1. The molecule has 0 atom stereocenters. The van der Waals surface area contributed by atoms with Gasteiger partial charge < -0.3 is 9.72 Å². The molecular formula is C10H9NO4. The van der Waals surface area contributed by atoms with Crippen molar-refractivity contribution in [3.05, 3.63) is 30.3 Å². The largest absolute Gasteiger partial charge is 0.547 e. The van der Waals surface area contributed by atoms with Crippen molar-refractivity contribution in [1.82, 2.24) is 4.98 Å².